The van der Waals surface area contributed by atoms with Gasteiger partial charge in [0.2, 0.25) is 0 Å². The van der Waals surface area contributed by atoms with Gasteiger partial charge in [-0.2, -0.15) is 0 Å². The van der Waals surface area contributed by atoms with E-state index in [1.165, 1.54) is 0 Å². The highest BCUT2D eigenvalue weighted by Crippen LogP contribution is 2.13. The molecule has 24 heavy (non-hydrogen) atoms. The van der Waals surface area contributed by atoms with E-state index in [0.29, 0.717) is 0 Å². The van der Waals surface area contributed by atoms with Crippen molar-refractivity contribution in [1.82, 2.24) is 19.4 Å². The Labute approximate surface area is 143 Å². The number of rotatable bonds is 5. The third kappa shape index (κ3) is 3.67. The van der Waals surface area contributed by atoms with E-state index in [1.807, 2.05) is 42.3 Å². The number of amides is 1. The molecule has 5 heteroatoms. The number of piperazine rings is 1. The van der Waals surface area contributed by atoms with Crippen LogP contribution < -0.4 is 0 Å². The summed E-state index contributed by atoms with van der Waals surface area (Å²) >= 11 is 0. The number of carbonyl (C=O) groups excluding carboxylic acids is 1. The highest BCUT2D eigenvalue weighted by atomic mass is 16.2. The van der Waals surface area contributed by atoms with Gasteiger partial charge in [-0.15, -0.1) is 0 Å². The predicted octanol–water partition coefficient (Wildman–Crippen LogP) is 2.21. The Morgan fingerprint density at radius 2 is 1.88 bits per heavy atom. The summed E-state index contributed by atoms with van der Waals surface area (Å²) in [4.78, 5) is 21.4. The lowest BCUT2D eigenvalue weighted by molar-refractivity contribution is 0.0632. The van der Waals surface area contributed by atoms with Crippen LogP contribution in [0, 0.1) is 6.92 Å². The Hall–Kier alpha value is -2.14. The predicted molar refractivity (Wildman–Crippen MR) is 95.1 cm³/mol. The molecule has 0 atom stereocenters. The van der Waals surface area contributed by atoms with Crippen molar-refractivity contribution in [3.8, 4) is 0 Å². The van der Waals surface area contributed by atoms with Crippen LogP contribution in [0.1, 0.15) is 28.7 Å². The number of benzene rings is 1. The Balaban J connectivity index is 1.51. The molecule has 1 aliphatic rings. The molecule has 0 bridgehead atoms. The molecule has 1 aliphatic heterocycles. The smallest absolute Gasteiger partial charge is 0.254 e. The Kier molecular flexibility index (Phi) is 5.30. The van der Waals surface area contributed by atoms with Gasteiger partial charge in [0.1, 0.15) is 5.82 Å². The molecule has 1 aromatic heterocycles. The first-order chi connectivity index (χ1) is 11.7. The zero-order chi connectivity index (χ0) is 16.9. The number of aromatic nitrogens is 2. The van der Waals surface area contributed by atoms with Crippen LogP contribution in [0.3, 0.4) is 0 Å². The second-order valence-electron chi connectivity index (χ2n) is 6.34. The van der Waals surface area contributed by atoms with Gasteiger partial charge < -0.3 is 9.47 Å². The Morgan fingerprint density at radius 1 is 1.12 bits per heavy atom. The highest BCUT2D eigenvalue weighted by molar-refractivity contribution is 5.95. The Morgan fingerprint density at radius 3 is 2.58 bits per heavy atom. The summed E-state index contributed by atoms with van der Waals surface area (Å²) in [5.74, 6) is 1.30. The van der Waals surface area contributed by atoms with Crippen LogP contribution in [0.2, 0.25) is 0 Å². The van der Waals surface area contributed by atoms with Crippen LogP contribution in [-0.2, 0) is 13.0 Å². The quantitative estimate of drug-likeness (QED) is 0.846. The van der Waals surface area contributed by atoms with Crippen molar-refractivity contribution >= 4 is 5.91 Å². The van der Waals surface area contributed by atoms with Crippen molar-refractivity contribution in [1.29, 1.82) is 0 Å². The van der Waals surface area contributed by atoms with Crippen molar-refractivity contribution in [2.24, 2.45) is 0 Å². The van der Waals surface area contributed by atoms with Gasteiger partial charge in [-0.1, -0.05) is 25.1 Å². The van der Waals surface area contributed by atoms with E-state index in [4.69, 9.17) is 0 Å². The molecule has 2 heterocycles. The van der Waals surface area contributed by atoms with Gasteiger partial charge >= 0.3 is 0 Å². The molecule has 0 N–H and O–H groups in total. The molecule has 1 saturated heterocycles. The zero-order valence-electron chi connectivity index (χ0n) is 14.6. The summed E-state index contributed by atoms with van der Waals surface area (Å²) in [5.41, 5.74) is 1.88. The molecule has 1 amide bonds. The fourth-order valence-electron chi connectivity index (χ4n) is 3.26. The van der Waals surface area contributed by atoms with Crippen molar-refractivity contribution in [2.45, 2.75) is 26.8 Å². The standard InChI is InChI=1S/C19H26N4O/c1-3-18-20-8-9-22(18)13-10-21-11-14-23(15-12-21)19(24)17-7-5-4-6-16(17)2/h4-9H,3,10-15H2,1-2H3. The molecule has 1 aromatic carbocycles. The van der Waals surface area contributed by atoms with Crippen LogP contribution in [0.15, 0.2) is 36.7 Å². The van der Waals surface area contributed by atoms with Crippen molar-refractivity contribution in [3.05, 3.63) is 53.6 Å². The van der Waals surface area contributed by atoms with Gasteiger partial charge in [-0.25, -0.2) is 4.98 Å². The molecular weight excluding hydrogens is 300 g/mol. The fraction of sp³-hybridized carbons (Fsp3) is 0.474. The average Bonchev–Trinajstić information content (AvgIpc) is 3.08. The first kappa shape index (κ1) is 16.7. The van der Waals surface area contributed by atoms with E-state index in [9.17, 15) is 4.79 Å². The molecule has 128 valence electrons. The van der Waals surface area contributed by atoms with E-state index >= 15 is 0 Å². The topological polar surface area (TPSA) is 41.4 Å². The summed E-state index contributed by atoms with van der Waals surface area (Å²) < 4.78 is 2.23. The second-order valence-corrected chi connectivity index (χ2v) is 6.34. The first-order valence-corrected chi connectivity index (χ1v) is 8.76. The second kappa shape index (κ2) is 7.62. The van der Waals surface area contributed by atoms with E-state index in [2.05, 4.69) is 27.6 Å². The minimum absolute atomic E-state index is 0.163. The summed E-state index contributed by atoms with van der Waals surface area (Å²) in [5, 5.41) is 0. The summed E-state index contributed by atoms with van der Waals surface area (Å²) in [6.07, 6.45) is 4.89. The lowest BCUT2D eigenvalue weighted by Crippen LogP contribution is -2.49. The number of aryl methyl sites for hydroxylation is 2. The van der Waals surface area contributed by atoms with Gasteiger partial charge in [0.05, 0.1) is 0 Å². The normalized spacial score (nSPS) is 15.7. The van der Waals surface area contributed by atoms with Crippen LogP contribution in [0.5, 0.6) is 0 Å². The number of nitrogens with zero attached hydrogens (tertiary/aromatic N) is 4. The number of hydrogen-bond donors (Lipinski definition) is 0. The third-order valence-electron chi connectivity index (χ3n) is 4.81. The summed E-state index contributed by atoms with van der Waals surface area (Å²) in [7, 11) is 0. The number of imidazole rings is 1. The third-order valence-corrected chi connectivity index (χ3v) is 4.81. The van der Waals surface area contributed by atoms with Gasteiger partial charge in [-0.05, 0) is 18.6 Å². The molecule has 0 spiro atoms. The molecule has 0 radical (unpaired) electrons. The highest BCUT2D eigenvalue weighted by Gasteiger charge is 2.22. The monoisotopic (exact) mass is 326 g/mol. The van der Waals surface area contributed by atoms with Crippen molar-refractivity contribution in [2.75, 3.05) is 32.7 Å². The van der Waals surface area contributed by atoms with E-state index in [0.717, 1.165) is 62.6 Å². The molecule has 0 unspecified atom stereocenters. The van der Waals surface area contributed by atoms with Crippen LogP contribution in [-0.4, -0.2) is 58.0 Å². The molecule has 3 rings (SSSR count). The maximum Gasteiger partial charge on any atom is 0.254 e. The summed E-state index contributed by atoms with van der Waals surface area (Å²) in [6.45, 7) is 9.59. The molecule has 0 aliphatic carbocycles. The Bertz CT molecular complexity index is 686. The van der Waals surface area contributed by atoms with Gasteiger partial charge in [-0.3, -0.25) is 9.69 Å². The van der Waals surface area contributed by atoms with E-state index in [1.54, 1.807) is 0 Å². The van der Waals surface area contributed by atoms with Gasteiger partial charge in [0.25, 0.3) is 5.91 Å². The van der Waals surface area contributed by atoms with Crippen LogP contribution in [0.25, 0.3) is 0 Å². The van der Waals surface area contributed by atoms with Gasteiger partial charge in [0, 0.05) is 63.6 Å². The largest absolute Gasteiger partial charge is 0.336 e. The number of carbonyl (C=O) groups is 1. The maximum absolute atomic E-state index is 12.7. The van der Waals surface area contributed by atoms with E-state index in [-0.39, 0.29) is 5.91 Å². The average molecular weight is 326 g/mol. The van der Waals surface area contributed by atoms with Crippen molar-refractivity contribution in [3.63, 3.8) is 0 Å². The van der Waals surface area contributed by atoms with Crippen molar-refractivity contribution < 1.29 is 4.79 Å². The zero-order valence-corrected chi connectivity index (χ0v) is 14.6. The minimum atomic E-state index is 0.163. The molecular formula is C19H26N4O. The summed E-state index contributed by atoms with van der Waals surface area (Å²) in [6, 6.07) is 7.84. The van der Waals surface area contributed by atoms with Crippen LogP contribution in [0.4, 0.5) is 0 Å². The maximum atomic E-state index is 12.7. The first-order valence-electron chi connectivity index (χ1n) is 8.76. The fourth-order valence-corrected chi connectivity index (χ4v) is 3.26. The minimum Gasteiger partial charge on any atom is -0.336 e. The molecule has 5 nitrogen and oxygen atoms in total. The number of hydrogen-bond acceptors (Lipinski definition) is 3. The molecule has 1 fully saturated rings. The van der Waals surface area contributed by atoms with E-state index < -0.39 is 0 Å². The lowest BCUT2D eigenvalue weighted by atomic mass is 10.1. The van der Waals surface area contributed by atoms with Crippen LogP contribution >= 0.6 is 0 Å². The SMILES string of the molecule is CCc1nccn1CCN1CCN(C(=O)c2ccccc2C)CC1. The van der Waals surface area contributed by atoms with Gasteiger partial charge in [0.15, 0.2) is 0 Å². The lowest BCUT2D eigenvalue weighted by Gasteiger charge is -2.35. The molecule has 0 saturated carbocycles. The molecule has 2 aromatic rings.